The van der Waals surface area contributed by atoms with Crippen molar-refractivity contribution in [2.45, 2.75) is 25.9 Å². The largest absolute Gasteiger partial charge is 0.392 e. The Morgan fingerprint density at radius 3 is 2.83 bits per heavy atom. The number of aliphatic hydroxyl groups excluding tert-OH is 1. The zero-order valence-corrected chi connectivity index (χ0v) is 12.3. The quantitative estimate of drug-likeness (QED) is 0.931. The number of hydrogen-bond donors (Lipinski definition) is 1. The second kappa shape index (κ2) is 5.91. The predicted octanol–water partition coefficient (Wildman–Crippen LogP) is 3.50. The van der Waals surface area contributed by atoms with Gasteiger partial charge in [-0.15, -0.1) is 11.3 Å². The van der Waals surface area contributed by atoms with Gasteiger partial charge in [-0.2, -0.15) is 0 Å². The van der Waals surface area contributed by atoms with Gasteiger partial charge in [0, 0.05) is 17.5 Å². The molecule has 0 aliphatic rings. The van der Waals surface area contributed by atoms with E-state index in [1.807, 2.05) is 12.3 Å². The number of benzene rings is 1. The highest BCUT2D eigenvalue weighted by Gasteiger charge is 2.10. The summed E-state index contributed by atoms with van der Waals surface area (Å²) in [5.41, 5.74) is 1.88. The fourth-order valence-electron chi connectivity index (χ4n) is 1.71. The molecule has 18 heavy (non-hydrogen) atoms. The van der Waals surface area contributed by atoms with Crippen molar-refractivity contribution in [3.63, 3.8) is 0 Å². The van der Waals surface area contributed by atoms with E-state index in [2.05, 4.69) is 20.9 Å². The summed E-state index contributed by atoms with van der Waals surface area (Å²) in [5, 5.41) is 12.9. The Bertz CT molecular complexity index is 544. The van der Waals surface area contributed by atoms with Crippen LogP contribution in [-0.4, -0.2) is 16.2 Å². The summed E-state index contributed by atoms with van der Waals surface area (Å²) in [6.45, 7) is 1.93. The first kappa shape index (κ1) is 13.6. The first-order chi connectivity index (χ1) is 8.54. The van der Waals surface area contributed by atoms with Crippen molar-refractivity contribution in [1.29, 1.82) is 0 Å². The highest BCUT2D eigenvalue weighted by Crippen LogP contribution is 2.19. The molecule has 96 valence electrons. The molecule has 0 saturated carbocycles. The maximum absolute atomic E-state index is 13.1. The summed E-state index contributed by atoms with van der Waals surface area (Å²) in [6, 6.07) is 4.79. The molecule has 1 aromatic heterocycles. The molecule has 0 saturated heterocycles. The molecule has 0 amide bonds. The van der Waals surface area contributed by atoms with Gasteiger partial charge in [0.15, 0.2) is 0 Å². The van der Waals surface area contributed by atoms with E-state index >= 15 is 0 Å². The summed E-state index contributed by atoms with van der Waals surface area (Å²) in [5.74, 6) is -0.288. The van der Waals surface area contributed by atoms with Crippen LogP contribution < -0.4 is 0 Å². The summed E-state index contributed by atoms with van der Waals surface area (Å²) in [4.78, 5) is 4.31. The van der Waals surface area contributed by atoms with Gasteiger partial charge in [0.05, 0.1) is 15.6 Å². The van der Waals surface area contributed by atoms with Crippen molar-refractivity contribution in [3.05, 3.63) is 50.1 Å². The number of aryl methyl sites for hydroxylation is 1. The maximum atomic E-state index is 13.1. The van der Waals surface area contributed by atoms with E-state index in [-0.39, 0.29) is 5.82 Å². The van der Waals surface area contributed by atoms with Crippen molar-refractivity contribution in [2.75, 3.05) is 0 Å². The molecule has 0 radical (unpaired) electrons. The molecule has 0 aliphatic carbocycles. The molecule has 1 N–H and O–H groups in total. The number of aliphatic hydroxyl groups is 1. The highest BCUT2D eigenvalue weighted by atomic mass is 79.9. The fourth-order valence-corrected chi connectivity index (χ4v) is 2.98. The van der Waals surface area contributed by atoms with Gasteiger partial charge >= 0.3 is 0 Å². The monoisotopic (exact) mass is 329 g/mol. The standard InChI is InChI=1S/C13H13BrFNOS/c1-8-7-18-13(16-8)6-10(17)4-9-2-3-12(15)11(14)5-9/h2-3,5,7,10,17H,4,6H2,1H3. The van der Waals surface area contributed by atoms with Gasteiger partial charge in [-0.3, -0.25) is 0 Å². The van der Waals surface area contributed by atoms with Gasteiger partial charge in [-0.05, 0) is 47.0 Å². The van der Waals surface area contributed by atoms with Crippen molar-refractivity contribution in [1.82, 2.24) is 4.98 Å². The van der Waals surface area contributed by atoms with Crippen molar-refractivity contribution in [3.8, 4) is 0 Å². The first-order valence-electron chi connectivity index (χ1n) is 5.57. The number of hydrogen-bond acceptors (Lipinski definition) is 3. The van der Waals surface area contributed by atoms with E-state index in [1.165, 1.54) is 6.07 Å². The minimum Gasteiger partial charge on any atom is -0.392 e. The van der Waals surface area contributed by atoms with E-state index in [4.69, 9.17) is 0 Å². The van der Waals surface area contributed by atoms with Crippen molar-refractivity contribution in [2.24, 2.45) is 0 Å². The summed E-state index contributed by atoms with van der Waals surface area (Å²) < 4.78 is 13.5. The van der Waals surface area contributed by atoms with Crippen molar-refractivity contribution >= 4 is 27.3 Å². The van der Waals surface area contributed by atoms with E-state index in [1.54, 1.807) is 23.5 Å². The van der Waals surface area contributed by atoms with Gasteiger partial charge in [0.2, 0.25) is 0 Å². The van der Waals surface area contributed by atoms with E-state index in [0.29, 0.717) is 17.3 Å². The normalized spacial score (nSPS) is 12.7. The average Bonchev–Trinajstić information content (AvgIpc) is 2.69. The molecule has 5 heteroatoms. The Balaban J connectivity index is 1.98. The van der Waals surface area contributed by atoms with Crippen LogP contribution in [0.5, 0.6) is 0 Å². The van der Waals surface area contributed by atoms with Crippen LogP contribution in [0.3, 0.4) is 0 Å². The molecule has 0 aliphatic heterocycles. The van der Waals surface area contributed by atoms with Crippen LogP contribution in [0.15, 0.2) is 28.1 Å². The number of thiazole rings is 1. The Morgan fingerprint density at radius 2 is 2.22 bits per heavy atom. The van der Waals surface area contributed by atoms with Gasteiger partial charge in [0.25, 0.3) is 0 Å². The second-order valence-corrected chi connectivity index (χ2v) is 5.99. The Hall–Kier alpha value is -0.780. The van der Waals surface area contributed by atoms with Crippen LogP contribution in [0.4, 0.5) is 4.39 Å². The zero-order valence-electron chi connectivity index (χ0n) is 9.86. The third kappa shape index (κ3) is 3.60. The van der Waals surface area contributed by atoms with Crippen LogP contribution in [0.1, 0.15) is 16.3 Å². The second-order valence-electron chi connectivity index (χ2n) is 4.19. The molecular weight excluding hydrogens is 317 g/mol. The Labute approximate surface area is 118 Å². The maximum Gasteiger partial charge on any atom is 0.137 e. The van der Waals surface area contributed by atoms with Gasteiger partial charge in [-0.1, -0.05) is 6.07 Å². The Kier molecular flexibility index (Phi) is 4.48. The number of aromatic nitrogens is 1. The zero-order chi connectivity index (χ0) is 13.1. The molecule has 1 unspecified atom stereocenters. The molecular formula is C13H13BrFNOS. The molecule has 1 aromatic carbocycles. The fraction of sp³-hybridized carbons (Fsp3) is 0.308. The van der Waals surface area contributed by atoms with Gasteiger partial charge in [-0.25, -0.2) is 9.37 Å². The smallest absolute Gasteiger partial charge is 0.137 e. The van der Waals surface area contributed by atoms with Gasteiger partial charge in [0.1, 0.15) is 5.82 Å². The van der Waals surface area contributed by atoms with Crippen LogP contribution in [-0.2, 0) is 12.8 Å². The number of halogens is 2. The minimum absolute atomic E-state index is 0.288. The summed E-state index contributed by atoms with van der Waals surface area (Å²) in [7, 11) is 0. The van der Waals surface area contributed by atoms with E-state index in [0.717, 1.165) is 16.3 Å². The molecule has 2 rings (SSSR count). The Morgan fingerprint density at radius 1 is 1.44 bits per heavy atom. The lowest BCUT2D eigenvalue weighted by Crippen LogP contribution is -2.13. The highest BCUT2D eigenvalue weighted by molar-refractivity contribution is 9.10. The molecule has 0 spiro atoms. The van der Waals surface area contributed by atoms with Crippen LogP contribution in [0, 0.1) is 12.7 Å². The summed E-state index contributed by atoms with van der Waals surface area (Å²) in [6.07, 6.45) is 0.540. The number of nitrogens with zero attached hydrogens (tertiary/aromatic N) is 1. The molecule has 2 nitrogen and oxygen atoms in total. The van der Waals surface area contributed by atoms with Crippen molar-refractivity contribution < 1.29 is 9.50 Å². The summed E-state index contributed by atoms with van der Waals surface area (Å²) >= 11 is 4.69. The SMILES string of the molecule is Cc1csc(CC(O)Cc2ccc(F)c(Br)c2)n1. The van der Waals surface area contributed by atoms with E-state index in [9.17, 15) is 9.50 Å². The molecule has 2 aromatic rings. The first-order valence-corrected chi connectivity index (χ1v) is 7.25. The van der Waals surface area contributed by atoms with Gasteiger partial charge < -0.3 is 5.11 Å². The molecule has 1 atom stereocenters. The van der Waals surface area contributed by atoms with Crippen LogP contribution >= 0.6 is 27.3 Å². The minimum atomic E-state index is -0.493. The molecule has 0 fully saturated rings. The lowest BCUT2D eigenvalue weighted by Gasteiger charge is -2.09. The van der Waals surface area contributed by atoms with Crippen LogP contribution in [0.25, 0.3) is 0 Å². The van der Waals surface area contributed by atoms with E-state index < -0.39 is 6.10 Å². The third-order valence-corrected chi connectivity index (χ3v) is 4.13. The lowest BCUT2D eigenvalue weighted by molar-refractivity contribution is 0.175. The topological polar surface area (TPSA) is 33.1 Å². The lowest BCUT2D eigenvalue weighted by atomic mass is 10.1. The van der Waals surface area contributed by atoms with Crippen LogP contribution in [0.2, 0.25) is 0 Å². The molecule has 1 heterocycles. The predicted molar refractivity (Wildman–Crippen MR) is 74.4 cm³/mol. The number of rotatable bonds is 4. The third-order valence-electron chi connectivity index (χ3n) is 2.53. The average molecular weight is 330 g/mol. The molecule has 0 bridgehead atoms.